The summed E-state index contributed by atoms with van der Waals surface area (Å²) in [6, 6.07) is 5.76. The van der Waals surface area contributed by atoms with Gasteiger partial charge in [0.25, 0.3) is 0 Å². The van der Waals surface area contributed by atoms with Crippen molar-refractivity contribution in [3.8, 4) is 0 Å². The summed E-state index contributed by atoms with van der Waals surface area (Å²) in [7, 11) is 0. The molecule has 5 aliphatic rings. The van der Waals surface area contributed by atoms with Gasteiger partial charge in [0.2, 0.25) is 11.8 Å². The summed E-state index contributed by atoms with van der Waals surface area (Å²) in [5.74, 6) is -0.475. The molecule has 6 rings (SSSR count). The zero-order valence-corrected chi connectivity index (χ0v) is 12.2. The van der Waals surface area contributed by atoms with Gasteiger partial charge in [-0.15, -0.1) is 0 Å². The number of hydrogen-bond acceptors (Lipinski definition) is 4. The van der Waals surface area contributed by atoms with E-state index in [2.05, 4.69) is 12.2 Å². The predicted octanol–water partition coefficient (Wildman–Crippen LogP) is 0.608. The van der Waals surface area contributed by atoms with Gasteiger partial charge in [-0.05, 0) is 47.8 Å². The van der Waals surface area contributed by atoms with Crippen molar-refractivity contribution in [1.29, 1.82) is 0 Å². The molecule has 3 fully saturated rings. The lowest BCUT2D eigenvalue weighted by Gasteiger charge is -2.37. The minimum atomic E-state index is -1.27. The summed E-state index contributed by atoms with van der Waals surface area (Å²) in [6.45, 7) is 0. The molecule has 1 aromatic carbocycles. The second-order valence-corrected chi connectivity index (χ2v) is 7.00. The fraction of sp³-hybridized carbons (Fsp3) is 0.389. The number of nitrogens with zero attached hydrogens (tertiary/aromatic N) is 1. The number of carboxylic acid groups (broad SMARTS) is 1. The average molecular weight is 308 g/mol. The normalized spacial score (nSPS) is 39.4. The first-order chi connectivity index (χ1) is 11.1. The standard InChI is InChI=1S/C18H15NO4/c20-16-14-10-5-6-11(13-7-12(10)13)15(14)17(21)19(16)9-3-1-8(2-4-9)18(22)23/h1-6,10-15H,7H2,(H,22,23)/p-1/t10-,11+,12-,13-,14-,15+/m0/s1. The summed E-state index contributed by atoms with van der Waals surface area (Å²) in [5.41, 5.74) is 0.487. The second kappa shape index (κ2) is 4.10. The second-order valence-electron chi connectivity index (χ2n) is 7.00. The van der Waals surface area contributed by atoms with Crippen LogP contribution in [0.25, 0.3) is 0 Å². The molecule has 0 unspecified atom stereocenters. The lowest BCUT2D eigenvalue weighted by atomic mass is 9.63. The molecular weight excluding hydrogens is 294 g/mol. The van der Waals surface area contributed by atoms with E-state index in [1.165, 1.54) is 29.2 Å². The van der Waals surface area contributed by atoms with Gasteiger partial charge in [0.05, 0.1) is 23.5 Å². The molecule has 4 aliphatic carbocycles. The fourth-order valence-corrected chi connectivity index (χ4v) is 4.96. The third-order valence-electron chi connectivity index (χ3n) is 6.02. The van der Waals surface area contributed by atoms with Crippen molar-refractivity contribution in [3.05, 3.63) is 42.0 Å². The molecule has 23 heavy (non-hydrogen) atoms. The Labute approximate surface area is 132 Å². The quantitative estimate of drug-likeness (QED) is 0.592. The molecule has 0 radical (unpaired) electrons. The van der Waals surface area contributed by atoms with Gasteiger partial charge >= 0.3 is 0 Å². The number of hydrogen-bond donors (Lipinski definition) is 0. The SMILES string of the molecule is O=C([O-])c1ccc(N2C(=O)[C@@H]3[C@@H]4C=C[C@@H]([C@@H]5C[C@@H]45)[C@@H]3C2=O)cc1. The van der Waals surface area contributed by atoms with Gasteiger partial charge in [-0.1, -0.05) is 24.3 Å². The van der Waals surface area contributed by atoms with Crippen molar-refractivity contribution in [2.24, 2.45) is 35.5 Å². The van der Waals surface area contributed by atoms with E-state index < -0.39 is 5.97 Å². The molecule has 0 N–H and O–H groups in total. The molecule has 1 aliphatic heterocycles. The van der Waals surface area contributed by atoms with Crippen molar-refractivity contribution in [2.45, 2.75) is 6.42 Å². The number of amides is 2. The van der Waals surface area contributed by atoms with Gasteiger partial charge in [0.1, 0.15) is 0 Å². The Hall–Kier alpha value is -2.43. The average Bonchev–Trinajstić information content (AvgIpc) is 3.32. The van der Waals surface area contributed by atoms with Crippen LogP contribution in [0.15, 0.2) is 36.4 Å². The predicted molar refractivity (Wildman–Crippen MR) is 78.0 cm³/mol. The molecule has 0 aromatic heterocycles. The third kappa shape index (κ3) is 1.54. The van der Waals surface area contributed by atoms with E-state index in [0.717, 1.165) is 6.42 Å². The van der Waals surface area contributed by atoms with Crippen molar-refractivity contribution in [2.75, 3.05) is 4.90 Å². The summed E-state index contributed by atoms with van der Waals surface area (Å²) in [6.07, 6.45) is 5.40. The van der Waals surface area contributed by atoms with Crippen LogP contribution < -0.4 is 10.0 Å². The molecule has 1 saturated heterocycles. The number of aromatic carboxylic acids is 1. The van der Waals surface area contributed by atoms with Crippen molar-refractivity contribution < 1.29 is 19.5 Å². The molecule has 0 spiro atoms. The van der Waals surface area contributed by atoms with E-state index in [9.17, 15) is 19.5 Å². The van der Waals surface area contributed by atoms with Crippen molar-refractivity contribution in [3.63, 3.8) is 0 Å². The van der Waals surface area contributed by atoms with E-state index in [1.807, 2.05) is 0 Å². The van der Waals surface area contributed by atoms with Gasteiger partial charge in [0, 0.05) is 0 Å². The highest BCUT2D eigenvalue weighted by atomic mass is 16.4. The number of carbonyl (C=O) groups excluding carboxylic acids is 3. The third-order valence-corrected chi connectivity index (χ3v) is 6.02. The smallest absolute Gasteiger partial charge is 0.238 e. The molecule has 6 atom stereocenters. The van der Waals surface area contributed by atoms with Crippen LogP contribution in [-0.4, -0.2) is 17.8 Å². The summed E-state index contributed by atoms with van der Waals surface area (Å²) >= 11 is 0. The van der Waals surface area contributed by atoms with E-state index in [0.29, 0.717) is 17.5 Å². The Morgan fingerprint density at radius 2 is 1.48 bits per heavy atom. The molecule has 1 aromatic rings. The highest BCUT2D eigenvalue weighted by Crippen LogP contribution is 2.65. The number of allylic oxidation sites excluding steroid dienone is 2. The van der Waals surface area contributed by atoms with Crippen LogP contribution in [0.3, 0.4) is 0 Å². The first-order valence-corrected chi connectivity index (χ1v) is 7.95. The van der Waals surface area contributed by atoms with Gasteiger partial charge in [-0.3, -0.25) is 14.5 Å². The Morgan fingerprint density at radius 1 is 0.957 bits per heavy atom. The van der Waals surface area contributed by atoms with Crippen molar-refractivity contribution in [1.82, 2.24) is 0 Å². The fourth-order valence-electron chi connectivity index (χ4n) is 4.96. The minimum absolute atomic E-state index is 0.0354. The number of carboxylic acids is 1. The van der Waals surface area contributed by atoms with Crippen LogP contribution in [0.2, 0.25) is 0 Å². The molecule has 116 valence electrons. The highest BCUT2D eigenvalue weighted by molar-refractivity contribution is 6.22. The Morgan fingerprint density at radius 3 is 1.96 bits per heavy atom. The van der Waals surface area contributed by atoms with Crippen LogP contribution in [-0.2, 0) is 9.59 Å². The van der Waals surface area contributed by atoms with Crippen molar-refractivity contribution >= 4 is 23.5 Å². The number of benzene rings is 1. The first kappa shape index (κ1) is 13.0. The van der Waals surface area contributed by atoms with Crippen LogP contribution in [0.1, 0.15) is 16.8 Å². The number of rotatable bonds is 2. The Balaban J connectivity index is 1.53. The Kier molecular flexibility index (Phi) is 2.33. The summed E-state index contributed by atoms with van der Waals surface area (Å²) < 4.78 is 0. The first-order valence-electron chi connectivity index (χ1n) is 7.95. The summed E-state index contributed by atoms with van der Waals surface area (Å²) in [4.78, 5) is 37.8. The van der Waals surface area contributed by atoms with E-state index >= 15 is 0 Å². The molecule has 2 amide bonds. The van der Waals surface area contributed by atoms with Crippen LogP contribution in [0.4, 0.5) is 5.69 Å². The van der Waals surface area contributed by atoms with E-state index in [-0.39, 0.29) is 41.0 Å². The molecule has 1 heterocycles. The largest absolute Gasteiger partial charge is 0.545 e. The molecule has 2 saturated carbocycles. The Bertz CT molecular complexity index is 745. The molecule has 5 heteroatoms. The number of carbonyl (C=O) groups is 3. The minimum Gasteiger partial charge on any atom is -0.545 e. The monoisotopic (exact) mass is 308 g/mol. The maximum Gasteiger partial charge on any atom is 0.238 e. The number of anilines is 1. The zero-order chi connectivity index (χ0) is 15.9. The maximum atomic E-state index is 12.9. The van der Waals surface area contributed by atoms with Crippen LogP contribution in [0, 0.1) is 35.5 Å². The zero-order valence-electron chi connectivity index (χ0n) is 12.2. The molecule has 2 bridgehead atoms. The topological polar surface area (TPSA) is 77.5 Å². The van der Waals surface area contributed by atoms with Gasteiger partial charge < -0.3 is 9.90 Å². The number of imide groups is 1. The highest BCUT2D eigenvalue weighted by Gasteiger charge is 2.67. The summed E-state index contributed by atoms with van der Waals surface area (Å²) in [5, 5.41) is 10.8. The van der Waals surface area contributed by atoms with E-state index in [4.69, 9.17) is 0 Å². The lowest BCUT2D eigenvalue weighted by molar-refractivity contribution is -0.255. The van der Waals surface area contributed by atoms with Crippen LogP contribution in [0.5, 0.6) is 0 Å². The van der Waals surface area contributed by atoms with Gasteiger partial charge in [-0.2, -0.15) is 0 Å². The molecule has 5 nitrogen and oxygen atoms in total. The lowest BCUT2D eigenvalue weighted by Crippen LogP contribution is -2.40. The molecular formula is C18H14NO4-. The van der Waals surface area contributed by atoms with Gasteiger partial charge in [-0.25, -0.2) is 0 Å². The van der Waals surface area contributed by atoms with Crippen LogP contribution >= 0.6 is 0 Å². The van der Waals surface area contributed by atoms with E-state index in [1.54, 1.807) is 0 Å². The maximum absolute atomic E-state index is 12.9. The van der Waals surface area contributed by atoms with Gasteiger partial charge in [0.15, 0.2) is 0 Å².